The number of rotatable bonds is 8. The van der Waals surface area contributed by atoms with Gasteiger partial charge in [-0.05, 0) is 37.5 Å². The summed E-state index contributed by atoms with van der Waals surface area (Å²) in [6.07, 6.45) is -0.655. The van der Waals surface area contributed by atoms with E-state index in [1.807, 2.05) is 6.92 Å². The zero-order chi connectivity index (χ0) is 21.9. The Balaban J connectivity index is 1.84. The Kier molecular flexibility index (Phi) is 6.64. The van der Waals surface area contributed by atoms with Gasteiger partial charge in [-0.2, -0.15) is 13.2 Å². The molecule has 2 aromatic rings. The van der Waals surface area contributed by atoms with E-state index >= 15 is 0 Å². The summed E-state index contributed by atoms with van der Waals surface area (Å²) in [5.74, 6) is -0.300. The first-order valence-electron chi connectivity index (χ1n) is 10.0. The molecule has 1 saturated heterocycles. The van der Waals surface area contributed by atoms with Crippen LogP contribution in [0.25, 0.3) is 11.0 Å². The second-order valence-corrected chi connectivity index (χ2v) is 7.61. The van der Waals surface area contributed by atoms with Gasteiger partial charge in [0, 0.05) is 6.54 Å². The van der Waals surface area contributed by atoms with Crippen molar-refractivity contribution in [2.45, 2.75) is 51.2 Å². The Morgan fingerprint density at radius 1 is 1.47 bits per heavy atom. The highest BCUT2D eigenvalue weighted by molar-refractivity contribution is 5.80. The van der Waals surface area contributed by atoms with Gasteiger partial charge in [0.25, 0.3) is 0 Å². The monoisotopic (exact) mass is 426 g/mol. The van der Waals surface area contributed by atoms with E-state index in [2.05, 4.69) is 9.97 Å². The molecule has 1 aliphatic rings. The number of hydrogen-bond acceptors (Lipinski definition) is 4. The molecule has 7 nitrogen and oxygen atoms in total. The average Bonchev–Trinajstić information content (AvgIpc) is 3.35. The highest BCUT2D eigenvalue weighted by Gasteiger charge is 2.36. The first-order valence-corrected chi connectivity index (χ1v) is 10.0. The number of benzene rings is 1. The third-order valence-corrected chi connectivity index (χ3v) is 5.46. The largest absolute Gasteiger partial charge is 0.416 e. The van der Waals surface area contributed by atoms with Gasteiger partial charge >= 0.3 is 6.18 Å². The molecule has 0 saturated carbocycles. The van der Waals surface area contributed by atoms with Crippen molar-refractivity contribution in [1.29, 1.82) is 0 Å². The van der Waals surface area contributed by atoms with Crippen molar-refractivity contribution >= 4 is 23.4 Å². The molecule has 30 heavy (non-hydrogen) atoms. The summed E-state index contributed by atoms with van der Waals surface area (Å²) in [6, 6.07) is 2.95. The molecular weight excluding hydrogens is 401 g/mol. The summed E-state index contributed by atoms with van der Waals surface area (Å²) in [4.78, 5) is 33.0. The number of aromatic nitrogens is 2. The van der Waals surface area contributed by atoms with Gasteiger partial charge in [0.15, 0.2) is 0 Å². The standard InChI is InChI=1S/C20H25F3N4O3/c1-2-3-5-13(11-26(30)12-28)19(29)27-9-4-6-17(27)18-24-15-8-7-14(20(21,22)23)10-16(15)25-18/h7-8,10,12-13,17,30H,2-6,9,11H2,1H3,(H,24,25)/t13-,17-/m0/s1. The number of aromatic amines is 1. The van der Waals surface area contributed by atoms with E-state index in [0.29, 0.717) is 35.8 Å². The smallest absolute Gasteiger partial charge is 0.340 e. The van der Waals surface area contributed by atoms with Gasteiger partial charge in [-0.25, -0.2) is 10.0 Å². The molecule has 0 bridgehead atoms. The summed E-state index contributed by atoms with van der Waals surface area (Å²) >= 11 is 0. The third-order valence-electron chi connectivity index (χ3n) is 5.46. The lowest BCUT2D eigenvalue weighted by atomic mass is 9.99. The fraction of sp³-hybridized carbons (Fsp3) is 0.550. The molecule has 1 fully saturated rings. The van der Waals surface area contributed by atoms with E-state index in [9.17, 15) is 28.0 Å². The molecule has 1 aromatic carbocycles. The lowest BCUT2D eigenvalue weighted by Gasteiger charge is -2.29. The van der Waals surface area contributed by atoms with Crippen LogP contribution in [0, 0.1) is 5.92 Å². The van der Waals surface area contributed by atoms with Crippen LogP contribution in [0.1, 0.15) is 56.5 Å². The van der Waals surface area contributed by atoms with Crippen LogP contribution in [-0.4, -0.2) is 50.5 Å². The van der Waals surface area contributed by atoms with Crippen molar-refractivity contribution in [2.24, 2.45) is 5.92 Å². The van der Waals surface area contributed by atoms with E-state index in [1.165, 1.54) is 6.07 Å². The van der Waals surface area contributed by atoms with E-state index < -0.39 is 17.7 Å². The van der Waals surface area contributed by atoms with Gasteiger partial charge in [-0.3, -0.25) is 14.8 Å². The van der Waals surface area contributed by atoms with Gasteiger partial charge in [0.05, 0.1) is 35.1 Å². The Hall–Kier alpha value is -2.62. The maximum absolute atomic E-state index is 13.2. The fourth-order valence-electron chi connectivity index (χ4n) is 3.92. The maximum atomic E-state index is 13.2. The SMILES string of the molecule is CCCC[C@@H](CN(O)C=O)C(=O)N1CCC[C@H]1c1nc2cc(C(F)(F)F)ccc2[nH]1. The van der Waals surface area contributed by atoms with Crippen molar-refractivity contribution in [1.82, 2.24) is 19.9 Å². The molecule has 2 amide bonds. The van der Waals surface area contributed by atoms with Gasteiger partial charge < -0.3 is 9.88 Å². The second-order valence-electron chi connectivity index (χ2n) is 7.61. The second kappa shape index (κ2) is 9.03. The zero-order valence-electron chi connectivity index (χ0n) is 16.7. The van der Waals surface area contributed by atoms with Crippen LogP contribution in [-0.2, 0) is 15.8 Å². The van der Waals surface area contributed by atoms with E-state index in [4.69, 9.17) is 0 Å². The van der Waals surface area contributed by atoms with Gasteiger partial charge in [0.2, 0.25) is 12.3 Å². The number of halogens is 3. The van der Waals surface area contributed by atoms with Crippen molar-refractivity contribution in [3.8, 4) is 0 Å². The molecule has 164 valence electrons. The summed E-state index contributed by atoms with van der Waals surface area (Å²) in [6.45, 7) is 2.38. The Labute approximate surface area is 171 Å². The quantitative estimate of drug-likeness (QED) is 0.381. The first-order chi connectivity index (χ1) is 14.2. The van der Waals surface area contributed by atoms with Crippen molar-refractivity contribution < 1.29 is 28.0 Å². The average molecular weight is 426 g/mol. The Morgan fingerprint density at radius 3 is 2.90 bits per heavy atom. The zero-order valence-corrected chi connectivity index (χ0v) is 16.7. The van der Waals surface area contributed by atoms with Crippen LogP contribution < -0.4 is 0 Å². The molecule has 2 atom stereocenters. The van der Waals surface area contributed by atoms with Gasteiger partial charge in [-0.15, -0.1) is 0 Å². The number of nitrogens with one attached hydrogen (secondary N) is 1. The van der Waals surface area contributed by atoms with Crippen molar-refractivity contribution in [3.63, 3.8) is 0 Å². The lowest BCUT2D eigenvalue weighted by molar-refractivity contribution is -0.157. The van der Waals surface area contributed by atoms with Crippen molar-refractivity contribution in [3.05, 3.63) is 29.6 Å². The Bertz CT molecular complexity index is 899. The highest BCUT2D eigenvalue weighted by atomic mass is 19.4. The molecule has 10 heteroatoms. The van der Waals surface area contributed by atoms with E-state index in [1.54, 1.807) is 4.90 Å². The third kappa shape index (κ3) is 4.75. The molecule has 2 N–H and O–H groups in total. The molecule has 1 aromatic heterocycles. The Morgan fingerprint density at radius 2 is 2.23 bits per heavy atom. The van der Waals surface area contributed by atoms with Crippen LogP contribution in [0.15, 0.2) is 18.2 Å². The van der Waals surface area contributed by atoms with Crippen LogP contribution in [0.2, 0.25) is 0 Å². The summed E-state index contributed by atoms with van der Waals surface area (Å²) < 4.78 is 38.9. The number of nitrogens with zero attached hydrogens (tertiary/aromatic N) is 3. The molecular formula is C20H25F3N4O3. The molecule has 0 unspecified atom stereocenters. The maximum Gasteiger partial charge on any atom is 0.416 e. The molecule has 1 aliphatic heterocycles. The number of hydrogen-bond donors (Lipinski definition) is 2. The number of likely N-dealkylation sites (tertiary alicyclic amines) is 1. The lowest BCUT2D eigenvalue weighted by Crippen LogP contribution is -2.40. The predicted molar refractivity (Wildman–Crippen MR) is 102 cm³/mol. The number of H-pyrrole nitrogens is 1. The van der Waals surface area contributed by atoms with Crippen molar-refractivity contribution in [2.75, 3.05) is 13.1 Å². The topological polar surface area (TPSA) is 89.5 Å². The number of fused-ring (bicyclic) bond motifs is 1. The molecule has 0 spiro atoms. The number of carbonyl (C=O) groups excluding carboxylic acids is 2. The normalized spacial score (nSPS) is 18.0. The van der Waals surface area contributed by atoms with E-state index in [-0.39, 0.29) is 30.4 Å². The molecule has 2 heterocycles. The van der Waals surface area contributed by atoms with Crippen LogP contribution in [0.3, 0.4) is 0 Å². The van der Waals surface area contributed by atoms with Gasteiger partial charge in [0.1, 0.15) is 5.82 Å². The van der Waals surface area contributed by atoms with Gasteiger partial charge in [-0.1, -0.05) is 19.8 Å². The van der Waals surface area contributed by atoms with Crippen LogP contribution >= 0.6 is 0 Å². The summed E-state index contributed by atoms with van der Waals surface area (Å²) in [5.41, 5.74) is -0.101. The number of unbranched alkanes of at least 4 members (excludes halogenated alkanes) is 1. The minimum absolute atomic E-state index is 0.0966. The molecule has 3 rings (SSSR count). The number of alkyl halides is 3. The van der Waals surface area contributed by atoms with Crippen LogP contribution in [0.4, 0.5) is 13.2 Å². The molecule has 0 radical (unpaired) electrons. The minimum atomic E-state index is -4.45. The first kappa shape index (κ1) is 22.1. The van der Waals surface area contributed by atoms with Crippen LogP contribution in [0.5, 0.6) is 0 Å². The summed E-state index contributed by atoms with van der Waals surface area (Å²) in [7, 11) is 0. The number of imidazole rings is 1. The number of amides is 2. The van der Waals surface area contributed by atoms with E-state index in [0.717, 1.165) is 31.4 Å². The predicted octanol–water partition coefficient (Wildman–Crippen LogP) is 3.90. The number of carbonyl (C=O) groups is 2. The number of hydroxylamine groups is 2. The fourth-order valence-corrected chi connectivity index (χ4v) is 3.92. The highest BCUT2D eigenvalue weighted by Crippen LogP contribution is 2.35. The molecule has 0 aliphatic carbocycles. The minimum Gasteiger partial charge on any atom is -0.340 e. The summed E-state index contributed by atoms with van der Waals surface area (Å²) in [5, 5.41) is 10.0.